The molecule has 24 heavy (non-hydrogen) atoms. The van der Waals surface area contributed by atoms with Gasteiger partial charge in [0.1, 0.15) is 0 Å². The number of ether oxygens (including phenoxy) is 1. The lowest BCUT2D eigenvalue weighted by Crippen LogP contribution is -2.41. The summed E-state index contributed by atoms with van der Waals surface area (Å²) >= 11 is 0. The molecule has 1 saturated heterocycles. The molecule has 3 nitrogen and oxygen atoms in total. The molecule has 0 N–H and O–H groups in total. The summed E-state index contributed by atoms with van der Waals surface area (Å²) in [5.41, 5.74) is 3.06. The Balaban J connectivity index is 1.53. The molecule has 1 aliphatic heterocycles. The highest BCUT2D eigenvalue weighted by atomic mass is 16.5. The number of nitrogens with zero attached hydrogens (tertiary/aromatic N) is 1. The minimum absolute atomic E-state index is 0.154. The van der Waals surface area contributed by atoms with Gasteiger partial charge in [-0.25, -0.2) is 0 Å². The second-order valence-electron chi connectivity index (χ2n) is 6.58. The zero-order valence-electron chi connectivity index (χ0n) is 14.3. The van der Waals surface area contributed by atoms with Crippen LogP contribution in [0, 0.1) is 12.8 Å². The zero-order valence-corrected chi connectivity index (χ0v) is 14.3. The first-order valence-electron chi connectivity index (χ1n) is 8.70. The summed E-state index contributed by atoms with van der Waals surface area (Å²) in [5, 5.41) is 0. The molecule has 0 bridgehead atoms. The first-order valence-corrected chi connectivity index (χ1v) is 8.70. The largest absolute Gasteiger partial charge is 0.376 e. The quantitative estimate of drug-likeness (QED) is 0.830. The molecule has 2 aromatic rings. The summed E-state index contributed by atoms with van der Waals surface area (Å²) in [6, 6.07) is 18.1. The van der Waals surface area contributed by atoms with Gasteiger partial charge in [0, 0.05) is 18.7 Å². The molecule has 0 aliphatic carbocycles. The maximum atomic E-state index is 12.7. The van der Waals surface area contributed by atoms with Crippen LogP contribution in [-0.4, -0.2) is 30.5 Å². The van der Waals surface area contributed by atoms with Gasteiger partial charge >= 0.3 is 0 Å². The molecule has 3 rings (SSSR count). The van der Waals surface area contributed by atoms with Crippen molar-refractivity contribution in [1.29, 1.82) is 0 Å². The van der Waals surface area contributed by atoms with Crippen molar-refractivity contribution in [2.75, 3.05) is 19.7 Å². The van der Waals surface area contributed by atoms with Crippen LogP contribution in [0.15, 0.2) is 54.6 Å². The van der Waals surface area contributed by atoms with Crippen molar-refractivity contribution in [3.05, 3.63) is 71.3 Å². The highest BCUT2D eigenvalue weighted by Crippen LogP contribution is 2.20. The summed E-state index contributed by atoms with van der Waals surface area (Å²) in [4.78, 5) is 14.7. The molecule has 1 aliphatic rings. The minimum Gasteiger partial charge on any atom is -0.376 e. The Labute approximate surface area is 144 Å². The maximum Gasteiger partial charge on any atom is 0.254 e. The summed E-state index contributed by atoms with van der Waals surface area (Å²) in [6.45, 7) is 5.00. The van der Waals surface area contributed by atoms with E-state index in [1.807, 2.05) is 54.3 Å². The van der Waals surface area contributed by atoms with Crippen molar-refractivity contribution in [1.82, 2.24) is 4.90 Å². The highest BCUT2D eigenvalue weighted by Gasteiger charge is 2.25. The third kappa shape index (κ3) is 4.24. The van der Waals surface area contributed by atoms with E-state index in [4.69, 9.17) is 4.74 Å². The van der Waals surface area contributed by atoms with E-state index < -0.39 is 0 Å². The highest BCUT2D eigenvalue weighted by molar-refractivity contribution is 5.95. The first-order chi connectivity index (χ1) is 11.7. The Hall–Kier alpha value is -2.13. The number of carbonyl (C=O) groups excluding carboxylic acids is 1. The standard InChI is InChI=1S/C21H25NO2/c1-17-8-5-6-12-20(17)21(23)22-13-7-11-19(14-22)16-24-15-18-9-3-2-4-10-18/h2-6,8-10,12,19H,7,11,13-16H2,1H3. The minimum atomic E-state index is 0.154. The summed E-state index contributed by atoms with van der Waals surface area (Å²) in [7, 11) is 0. The average molecular weight is 323 g/mol. The van der Waals surface area contributed by atoms with Crippen LogP contribution < -0.4 is 0 Å². The average Bonchev–Trinajstić information content (AvgIpc) is 2.63. The van der Waals surface area contributed by atoms with Gasteiger partial charge in [0.25, 0.3) is 5.91 Å². The molecule has 0 spiro atoms. The fraction of sp³-hybridized carbons (Fsp3) is 0.381. The Morgan fingerprint density at radius 2 is 1.88 bits per heavy atom. The van der Waals surface area contributed by atoms with Crippen LogP contribution in [0.2, 0.25) is 0 Å². The summed E-state index contributed by atoms with van der Waals surface area (Å²) in [5.74, 6) is 0.580. The Morgan fingerprint density at radius 1 is 1.12 bits per heavy atom. The van der Waals surface area contributed by atoms with E-state index in [2.05, 4.69) is 12.1 Å². The number of amides is 1. The molecule has 2 aromatic carbocycles. The fourth-order valence-electron chi connectivity index (χ4n) is 3.29. The topological polar surface area (TPSA) is 29.5 Å². The predicted octanol–water partition coefficient (Wildman–Crippen LogP) is 4.06. The van der Waals surface area contributed by atoms with E-state index in [0.29, 0.717) is 19.1 Å². The number of hydrogen-bond acceptors (Lipinski definition) is 2. The van der Waals surface area contributed by atoms with E-state index in [1.165, 1.54) is 5.56 Å². The monoisotopic (exact) mass is 323 g/mol. The van der Waals surface area contributed by atoms with Crippen LogP contribution in [-0.2, 0) is 11.3 Å². The molecule has 1 atom stereocenters. The predicted molar refractivity (Wildman–Crippen MR) is 95.9 cm³/mol. The van der Waals surface area contributed by atoms with Gasteiger partial charge in [-0.3, -0.25) is 4.79 Å². The van der Waals surface area contributed by atoms with Gasteiger partial charge in [0.2, 0.25) is 0 Å². The molecule has 1 fully saturated rings. The van der Waals surface area contributed by atoms with Gasteiger partial charge in [0.15, 0.2) is 0 Å². The third-order valence-electron chi connectivity index (χ3n) is 4.65. The van der Waals surface area contributed by atoms with E-state index in [9.17, 15) is 4.79 Å². The van der Waals surface area contributed by atoms with Crippen molar-refractivity contribution in [2.24, 2.45) is 5.92 Å². The lowest BCUT2D eigenvalue weighted by Gasteiger charge is -2.33. The number of aryl methyl sites for hydroxylation is 1. The van der Waals surface area contributed by atoms with E-state index in [1.54, 1.807) is 0 Å². The van der Waals surface area contributed by atoms with Crippen molar-refractivity contribution in [3.63, 3.8) is 0 Å². The van der Waals surface area contributed by atoms with Gasteiger partial charge in [0.05, 0.1) is 13.2 Å². The number of likely N-dealkylation sites (tertiary alicyclic amines) is 1. The molecule has 1 unspecified atom stereocenters. The summed E-state index contributed by atoms with van der Waals surface area (Å²) < 4.78 is 5.88. The van der Waals surface area contributed by atoms with Crippen LogP contribution in [0.5, 0.6) is 0 Å². The molecule has 0 saturated carbocycles. The second kappa shape index (κ2) is 8.11. The van der Waals surface area contributed by atoms with Crippen molar-refractivity contribution >= 4 is 5.91 Å². The molecular formula is C21H25NO2. The molecule has 1 amide bonds. The summed E-state index contributed by atoms with van der Waals surface area (Å²) in [6.07, 6.45) is 2.18. The Bertz CT molecular complexity index is 669. The SMILES string of the molecule is Cc1ccccc1C(=O)N1CCCC(COCc2ccccc2)C1. The van der Waals surface area contributed by atoms with Crippen LogP contribution in [0.1, 0.15) is 34.3 Å². The van der Waals surface area contributed by atoms with Gasteiger partial charge in [-0.2, -0.15) is 0 Å². The number of piperidine rings is 1. The molecule has 0 radical (unpaired) electrons. The smallest absolute Gasteiger partial charge is 0.254 e. The van der Waals surface area contributed by atoms with E-state index in [-0.39, 0.29) is 5.91 Å². The van der Waals surface area contributed by atoms with Gasteiger partial charge < -0.3 is 9.64 Å². The zero-order chi connectivity index (χ0) is 16.8. The molecule has 3 heteroatoms. The van der Waals surface area contributed by atoms with Crippen LogP contribution in [0.4, 0.5) is 0 Å². The van der Waals surface area contributed by atoms with Gasteiger partial charge in [-0.05, 0) is 42.9 Å². The van der Waals surface area contributed by atoms with E-state index >= 15 is 0 Å². The van der Waals surface area contributed by atoms with Gasteiger partial charge in [-0.15, -0.1) is 0 Å². The molecule has 0 aromatic heterocycles. The molecule has 1 heterocycles. The molecule has 126 valence electrons. The normalized spacial score (nSPS) is 17.7. The number of hydrogen-bond donors (Lipinski definition) is 0. The van der Waals surface area contributed by atoms with Crippen LogP contribution >= 0.6 is 0 Å². The van der Waals surface area contributed by atoms with Crippen LogP contribution in [0.3, 0.4) is 0 Å². The maximum absolute atomic E-state index is 12.7. The van der Waals surface area contributed by atoms with E-state index in [0.717, 1.165) is 37.1 Å². The van der Waals surface area contributed by atoms with Crippen molar-refractivity contribution in [2.45, 2.75) is 26.4 Å². The fourth-order valence-corrected chi connectivity index (χ4v) is 3.29. The number of rotatable bonds is 5. The van der Waals surface area contributed by atoms with Crippen LogP contribution in [0.25, 0.3) is 0 Å². The Kier molecular flexibility index (Phi) is 5.65. The first kappa shape index (κ1) is 16.7. The number of benzene rings is 2. The Morgan fingerprint density at radius 3 is 2.67 bits per heavy atom. The van der Waals surface area contributed by atoms with Crippen molar-refractivity contribution in [3.8, 4) is 0 Å². The lowest BCUT2D eigenvalue weighted by molar-refractivity contribution is 0.0425. The number of carbonyl (C=O) groups is 1. The molecular weight excluding hydrogens is 298 g/mol. The lowest BCUT2D eigenvalue weighted by atomic mass is 9.97. The third-order valence-corrected chi connectivity index (χ3v) is 4.65. The van der Waals surface area contributed by atoms with Crippen molar-refractivity contribution < 1.29 is 9.53 Å². The van der Waals surface area contributed by atoms with Gasteiger partial charge in [-0.1, -0.05) is 48.5 Å². The second-order valence-corrected chi connectivity index (χ2v) is 6.58.